The number of amides is 2. The summed E-state index contributed by atoms with van der Waals surface area (Å²) in [7, 11) is 1.52. The van der Waals surface area contributed by atoms with Crippen molar-refractivity contribution in [3.05, 3.63) is 64.1 Å². The number of hydrogen-bond donors (Lipinski definition) is 2. The fraction of sp³-hybridized carbons (Fsp3) is 0.176. The molecule has 0 aromatic heterocycles. The molecule has 0 saturated heterocycles. The van der Waals surface area contributed by atoms with Crippen LogP contribution in [0.5, 0.6) is 5.75 Å². The minimum atomic E-state index is -0.236. The highest BCUT2D eigenvalue weighted by Crippen LogP contribution is 2.16. The standard InChI is InChI=1S/C17H17BrN2O3/c1-23-15-5-3-2-4-14(15)17(22)20-11-10-19-16(21)12-6-8-13(18)9-7-12/h2-9H,10-11H2,1H3,(H,19,21)(H,20,22). The molecule has 0 atom stereocenters. The second kappa shape index (κ2) is 8.33. The smallest absolute Gasteiger partial charge is 0.255 e. The molecule has 2 amide bonds. The third kappa shape index (κ3) is 4.82. The predicted octanol–water partition coefficient (Wildman–Crippen LogP) is 2.62. The zero-order valence-corrected chi connectivity index (χ0v) is 14.2. The van der Waals surface area contributed by atoms with Crippen molar-refractivity contribution in [1.82, 2.24) is 10.6 Å². The van der Waals surface area contributed by atoms with Gasteiger partial charge in [0.25, 0.3) is 11.8 Å². The Morgan fingerprint density at radius 2 is 1.57 bits per heavy atom. The Balaban J connectivity index is 1.80. The zero-order valence-electron chi connectivity index (χ0n) is 12.6. The molecule has 2 rings (SSSR count). The molecule has 0 fully saturated rings. The maximum Gasteiger partial charge on any atom is 0.255 e. The molecule has 0 heterocycles. The van der Waals surface area contributed by atoms with Crippen LogP contribution in [0.25, 0.3) is 0 Å². The average Bonchev–Trinajstić information content (AvgIpc) is 2.58. The number of carbonyl (C=O) groups excluding carboxylic acids is 2. The van der Waals surface area contributed by atoms with Crippen molar-refractivity contribution in [3.8, 4) is 5.75 Å². The first-order valence-corrected chi connectivity index (χ1v) is 7.86. The summed E-state index contributed by atoms with van der Waals surface area (Å²) in [5, 5.41) is 5.50. The number of nitrogens with one attached hydrogen (secondary N) is 2. The first-order chi connectivity index (χ1) is 11.1. The van der Waals surface area contributed by atoms with Crippen molar-refractivity contribution in [2.45, 2.75) is 0 Å². The minimum absolute atomic E-state index is 0.177. The zero-order chi connectivity index (χ0) is 16.7. The maximum absolute atomic E-state index is 12.1. The summed E-state index contributed by atoms with van der Waals surface area (Å²) >= 11 is 3.32. The molecule has 2 aromatic rings. The van der Waals surface area contributed by atoms with E-state index in [2.05, 4.69) is 26.6 Å². The van der Waals surface area contributed by atoms with E-state index in [9.17, 15) is 9.59 Å². The van der Waals surface area contributed by atoms with E-state index in [0.717, 1.165) is 4.47 Å². The fourth-order valence-corrected chi connectivity index (χ4v) is 2.25. The molecule has 0 bridgehead atoms. The summed E-state index contributed by atoms with van der Waals surface area (Å²) in [6, 6.07) is 14.1. The lowest BCUT2D eigenvalue weighted by atomic mass is 10.2. The van der Waals surface area contributed by atoms with Crippen molar-refractivity contribution in [3.63, 3.8) is 0 Å². The number of carbonyl (C=O) groups is 2. The van der Waals surface area contributed by atoms with Gasteiger partial charge in [-0.05, 0) is 36.4 Å². The van der Waals surface area contributed by atoms with Gasteiger partial charge in [-0.2, -0.15) is 0 Å². The highest BCUT2D eigenvalue weighted by atomic mass is 79.9. The van der Waals surface area contributed by atoms with E-state index in [1.165, 1.54) is 7.11 Å². The fourth-order valence-electron chi connectivity index (χ4n) is 1.98. The lowest BCUT2D eigenvalue weighted by Crippen LogP contribution is -2.34. The molecule has 2 aromatic carbocycles. The largest absolute Gasteiger partial charge is 0.496 e. The van der Waals surface area contributed by atoms with Crippen molar-refractivity contribution >= 4 is 27.7 Å². The second-order valence-corrected chi connectivity index (χ2v) is 5.63. The molecular formula is C17H17BrN2O3. The summed E-state index contributed by atoms with van der Waals surface area (Å²) in [5.41, 5.74) is 1.04. The number of rotatable bonds is 6. The molecule has 2 N–H and O–H groups in total. The molecule has 5 nitrogen and oxygen atoms in total. The number of hydrogen-bond acceptors (Lipinski definition) is 3. The SMILES string of the molecule is COc1ccccc1C(=O)NCCNC(=O)c1ccc(Br)cc1. The van der Waals surface area contributed by atoms with Crippen LogP contribution in [0.3, 0.4) is 0 Å². The number of ether oxygens (including phenoxy) is 1. The van der Waals surface area contributed by atoms with Gasteiger partial charge in [0, 0.05) is 23.1 Å². The minimum Gasteiger partial charge on any atom is -0.496 e. The summed E-state index contributed by atoms with van der Waals surface area (Å²) in [6.07, 6.45) is 0. The van der Waals surface area contributed by atoms with Crippen LogP contribution in [0.1, 0.15) is 20.7 Å². The topological polar surface area (TPSA) is 67.4 Å². The van der Waals surface area contributed by atoms with E-state index in [4.69, 9.17) is 4.74 Å². The molecular weight excluding hydrogens is 360 g/mol. The van der Waals surface area contributed by atoms with E-state index in [0.29, 0.717) is 30.0 Å². The van der Waals surface area contributed by atoms with Gasteiger partial charge in [0.15, 0.2) is 0 Å². The first-order valence-electron chi connectivity index (χ1n) is 7.07. The molecule has 0 radical (unpaired) electrons. The molecule has 0 aliphatic heterocycles. The Bertz CT molecular complexity index is 686. The van der Waals surface area contributed by atoms with Gasteiger partial charge >= 0.3 is 0 Å². The Morgan fingerprint density at radius 1 is 0.957 bits per heavy atom. The highest BCUT2D eigenvalue weighted by Gasteiger charge is 2.10. The van der Waals surface area contributed by atoms with Crippen LogP contribution >= 0.6 is 15.9 Å². The number of methoxy groups -OCH3 is 1. The molecule has 0 aliphatic carbocycles. The van der Waals surface area contributed by atoms with Gasteiger partial charge in [-0.1, -0.05) is 28.1 Å². The molecule has 120 valence electrons. The Hall–Kier alpha value is -2.34. The van der Waals surface area contributed by atoms with E-state index in [1.807, 2.05) is 0 Å². The van der Waals surface area contributed by atoms with Crippen LogP contribution in [0.15, 0.2) is 53.0 Å². The number of benzene rings is 2. The average molecular weight is 377 g/mol. The first kappa shape index (κ1) is 17.0. The normalized spacial score (nSPS) is 10.0. The van der Waals surface area contributed by atoms with Crippen molar-refractivity contribution in [2.24, 2.45) is 0 Å². The van der Waals surface area contributed by atoms with E-state index < -0.39 is 0 Å². The van der Waals surface area contributed by atoms with Gasteiger partial charge in [-0.25, -0.2) is 0 Å². The molecule has 6 heteroatoms. The molecule has 0 spiro atoms. The molecule has 23 heavy (non-hydrogen) atoms. The number of para-hydroxylation sites is 1. The summed E-state index contributed by atoms with van der Waals surface area (Å²) in [4.78, 5) is 24.0. The van der Waals surface area contributed by atoms with Crippen molar-refractivity contribution < 1.29 is 14.3 Å². The van der Waals surface area contributed by atoms with E-state index in [1.54, 1.807) is 48.5 Å². The summed E-state index contributed by atoms with van der Waals surface area (Å²) in [6.45, 7) is 0.676. The number of halogens is 1. The van der Waals surface area contributed by atoms with Crippen molar-refractivity contribution in [2.75, 3.05) is 20.2 Å². The van der Waals surface area contributed by atoms with Crippen LogP contribution in [-0.2, 0) is 0 Å². The summed E-state index contributed by atoms with van der Waals surface area (Å²) in [5.74, 6) is 0.105. The summed E-state index contributed by atoms with van der Waals surface area (Å²) < 4.78 is 6.06. The van der Waals surface area contributed by atoms with E-state index in [-0.39, 0.29) is 11.8 Å². The molecule has 0 aliphatic rings. The molecule has 0 unspecified atom stereocenters. The Labute approximate surface area is 143 Å². The van der Waals surface area contributed by atoms with Crippen LogP contribution in [0.4, 0.5) is 0 Å². The van der Waals surface area contributed by atoms with Crippen LogP contribution in [-0.4, -0.2) is 32.0 Å². The third-order valence-electron chi connectivity index (χ3n) is 3.15. The lowest BCUT2D eigenvalue weighted by molar-refractivity contribution is 0.0926. The van der Waals surface area contributed by atoms with Crippen molar-refractivity contribution in [1.29, 1.82) is 0 Å². The van der Waals surface area contributed by atoms with Gasteiger partial charge in [-0.15, -0.1) is 0 Å². The second-order valence-electron chi connectivity index (χ2n) is 4.72. The van der Waals surface area contributed by atoms with Gasteiger partial charge in [0.05, 0.1) is 12.7 Å². The maximum atomic E-state index is 12.1. The van der Waals surface area contributed by atoms with Crippen LogP contribution in [0.2, 0.25) is 0 Å². The Morgan fingerprint density at radius 3 is 2.22 bits per heavy atom. The van der Waals surface area contributed by atoms with Gasteiger partial charge in [-0.3, -0.25) is 9.59 Å². The van der Waals surface area contributed by atoms with Gasteiger partial charge in [0.1, 0.15) is 5.75 Å². The van der Waals surface area contributed by atoms with Gasteiger partial charge < -0.3 is 15.4 Å². The third-order valence-corrected chi connectivity index (χ3v) is 3.68. The molecule has 0 saturated carbocycles. The Kier molecular flexibility index (Phi) is 6.17. The van der Waals surface area contributed by atoms with Gasteiger partial charge in [0.2, 0.25) is 0 Å². The monoisotopic (exact) mass is 376 g/mol. The lowest BCUT2D eigenvalue weighted by Gasteiger charge is -2.10. The van der Waals surface area contributed by atoms with Crippen LogP contribution < -0.4 is 15.4 Å². The highest BCUT2D eigenvalue weighted by molar-refractivity contribution is 9.10. The van der Waals surface area contributed by atoms with E-state index >= 15 is 0 Å². The predicted molar refractivity (Wildman–Crippen MR) is 91.8 cm³/mol. The quantitative estimate of drug-likeness (QED) is 0.761. The van der Waals surface area contributed by atoms with Crippen LogP contribution in [0, 0.1) is 0 Å².